The van der Waals surface area contributed by atoms with Crippen LogP contribution in [-0.4, -0.2) is 0 Å². The Morgan fingerprint density at radius 3 is 2.00 bits per heavy atom. The molecule has 0 aromatic heterocycles. The van der Waals surface area contributed by atoms with Crippen LogP contribution in [0.25, 0.3) is 45.5 Å². The largest absolute Gasteiger partial charge is 0.0911 e. The van der Waals surface area contributed by atoms with Gasteiger partial charge in [0.2, 0.25) is 0 Å². The Bertz CT molecular complexity index is 1840. The molecule has 0 amide bonds. The lowest BCUT2D eigenvalue weighted by Gasteiger charge is -2.18. The normalized spacial score (nSPS) is 15.1. The van der Waals surface area contributed by atoms with E-state index < -0.39 is 0 Å². The molecule has 0 aliphatic heterocycles. The van der Waals surface area contributed by atoms with Gasteiger partial charge in [0.15, 0.2) is 0 Å². The average Bonchev–Trinajstić information content (AvgIpc) is 3.05. The summed E-state index contributed by atoms with van der Waals surface area (Å²) in [5, 5.41) is 2.33. The minimum absolute atomic E-state index is 0.394. The molecule has 0 heterocycles. The van der Waals surface area contributed by atoms with E-state index in [0.29, 0.717) is 5.92 Å². The van der Waals surface area contributed by atoms with Gasteiger partial charge in [0, 0.05) is 5.92 Å². The number of allylic oxidation sites excluding steroid dienone is 4. The summed E-state index contributed by atoms with van der Waals surface area (Å²) >= 11 is 0. The van der Waals surface area contributed by atoms with E-state index >= 15 is 0 Å². The van der Waals surface area contributed by atoms with Crippen molar-refractivity contribution in [3.63, 3.8) is 0 Å². The number of benzene rings is 5. The third-order valence-electron chi connectivity index (χ3n) is 8.05. The molecule has 5 aromatic rings. The molecule has 1 aliphatic rings. The number of hydrogen-bond donors (Lipinski definition) is 0. The fourth-order valence-corrected chi connectivity index (χ4v) is 5.92. The van der Waals surface area contributed by atoms with Crippen LogP contribution < -0.4 is 10.4 Å². The summed E-state index contributed by atoms with van der Waals surface area (Å²) in [5.74, 6) is 0.394. The van der Waals surface area contributed by atoms with Gasteiger partial charge in [-0.2, -0.15) is 0 Å². The average molecular weight is 529 g/mol. The molecular formula is C41H36. The van der Waals surface area contributed by atoms with E-state index in [1.54, 1.807) is 0 Å². The molecule has 41 heavy (non-hydrogen) atoms. The van der Waals surface area contributed by atoms with E-state index in [0.717, 1.165) is 24.5 Å². The van der Waals surface area contributed by atoms with Crippen LogP contribution >= 0.6 is 0 Å². The highest BCUT2D eigenvalue weighted by atomic mass is 14.2. The molecule has 5 aromatic carbocycles. The van der Waals surface area contributed by atoms with E-state index in [9.17, 15) is 0 Å². The molecular weight excluding hydrogens is 492 g/mol. The van der Waals surface area contributed by atoms with Gasteiger partial charge in [0.1, 0.15) is 0 Å². The molecule has 0 saturated heterocycles. The quantitative estimate of drug-likeness (QED) is 0.197. The fraction of sp³-hybridized carbons (Fsp3) is 0.122. The van der Waals surface area contributed by atoms with Gasteiger partial charge >= 0.3 is 0 Å². The van der Waals surface area contributed by atoms with Crippen LogP contribution in [0.3, 0.4) is 0 Å². The lowest BCUT2D eigenvalue weighted by atomic mass is 9.87. The third kappa shape index (κ3) is 5.93. The smallest absolute Gasteiger partial charge is 0.00561 e. The van der Waals surface area contributed by atoms with Crippen LogP contribution in [0.15, 0.2) is 146 Å². The minimum atomic E-state index is 0.394. The molecule has 0 radical (unpaired) electrons. The predicted octanol–water partition coefficient (Wildman–Crippen LogP) is 9.70. The van der Waals surface area contributed by atoms with Gasteiger partial charge in [-0.05, 0) is 91.6 Å². The number of hydrogen-bond acceptors (Lipinski definition) is 0. The Morgan fingerprint density at radius 2 is 1.27 bits per heavy atom. The highest BCUT2D eigenvalue weighted by Crippen LogP contribution is 2.35. The van der Waals surface area contributed by atoms with Gasteiger partial charge in [-0.15, -0.1) is 0 Å². The lowest BCUT2D eigenvalue weighted by molar-refractivity contribution is 0.854. The van der Waals surface area contributed by atoms with Crippen LogP contribution in [0.4, 0.5) is 0 Å². The zero-order valence-corrected chi connectivity index (χ0v) is 23.8. The lowest BCUT2D eigenvalue weighted by Crippen LogP contribution is -2.25. The molecule has 6 rings (SSSR count). The van der Waals surface area contributed by atoms with Crippen molar-refractivity contribution >= 4 is 12.2 Å². The first-order chi connectivity index (χ1) is 20.2. The van der Waals surface area contributed by atoms with Gasteiger partial charge in [-0.25, -0.2) is 0 Å². The molecule has 0 heteroatoms. The molecule has 200 valence electrons. The molecule has 0 nitrogen and oxygen atoms in total. The molecule has 1 atom stereocenters. The summed E-state index contributed by atoms with van der Waals surface area (Å²) in [4.78, 5) is 0. The second-order valence-electron chi connectivity index (χ2n) is 10.9. The molecule has 0 spiro atoms. The Kier molecular flexibility index (Phi) is 7.92. The second kappa shape index (κ2) is 12.2. The highest BCUT2D eigenvalue weighted by Gasteiger charge is 2.14. The van der Waals surface area contributed by atoms with Gasteiger partial charge in [0.05, 0.1) is 0 Å². The van der Waals surface area contributed by atoms with Gasteiger partial charge < -0.3 is 0 Å². The summed E-state index contributed by atoms with van der Waals surface area (Å²) < 4.78 is 0. The first-order valence-electron chi connectivity index (χ1n) is 14.7. The Hall–Kier alpha value is -4.68. The summed E-state index contributed by atoms with van der Waals surface area (Å²) in [5.41, 5.74) is 11.5. The van der Waals surface area contributed by atoms with Crippen molar-refractivity contribution in [3.8, 4) is 33.4 Å². The SMILES string of the molecule is C=c1ccccc1=C(CCC)c1cccc(-c2cccc(-c3cc(-c4ccccc4)cc(C4C=CC=CC4)c3)c2)c1. The molecule has 0 N–H and O–H groups in total. The monoisotopic (exact) mass is 528 g/mol. The first-order valence-corrected chi connectivity index (χ1v) is 14.7. The number of rotatable bonds is 7. The second-order valence-corrected chi connectivity index (χ2v) is 10.9. The topological polar surface area (TPSA) is 0 Å². The molecule has 0 saturated carbocycles. The van der Waals surface area contributed by atoms with Gasteiger partial charge in [0.25, 0.3) is 0 Å². The molecule has 1 unspecified atom stereocenters. The van der Waals surface area contributed by atoms with Gasteiger partial charge in [-0.1, -0.05) is 147 Å². The van der Waals surface area contributed by atoms with Crippen LogP contribution in [-0.2, 0) is 0 Å². The molecule has 0 bridgehead atoms. The van der Waals surface area contributed by atoms with Gasteiger partial charge in [-0.3, -0.25) is 0 Å². The van der Waals surface area contributed by atoms with E-state index in [1.165, 1.54) is 55.3 Å². The van der Waals surface area contributed by atoms with Crippen molar-refractivity contribution in [1.29, 1.82) is 0 Å². The Labute approximate surface area is 244 Å². The van der Waals surface area contributed by atoms with Crippen LogP contribution in [0.2, 0.25) is 0 Å². The molecule has 0 fully saturated rings. The zero-order chi connectivity index (χ0) is 28.0. The maximum Gasteiger partial charge on any atom is 0.00561 e. The van der Waals surface area contributed by atoms with Crippen LogP contribution in [0.5, 0.6) is 0 Å². The van der Waals surface area contributed by atoms with Crippen LogP contribution in [0, 0.1) is 0 Å². The van der Waals surface area contributed by atoms with E-state index in [2.05, 4.69) is 159 Å². The summed E-state index contributed by atoms with van der Waals surface area (Å²) in [7, 11) is 0. The first kappa shape index (κ1) is 26.5. The Morgan fingerprint density at radius 1 is 0.634 bits per heavy atom. The van der Waals surface area contributed by atoms with E-state index in [4.69, 9.17) is 0 Å². The van der Waals surface area contributed by atoms with Crippen molar-refractivity contribution in [1.82, 2.24) is 0 Å². The van der Waals surface area contributed by atoms with Crippen molar-refractivity contribution in [3.05, 3.63) is 167 Å². The van der Waals surface area contributed by atoms with E-state index in [1.807, 2.05) is 0 Å². The summed E-state index contributed by atoms with van der Waals surface area (Å²) in [6.45, 7) is 6.56. The minimum Gasteiger partial charge on any atom is -0.0911 e. The van der Waals surface area contributed by atoms with Crippen LogP contribution in [0.1, 0.15) is 43.2 Å². The fourth-order valence-electron chi connectivity index (χ4n) is 5.92. The maximum atomic E-state index is 4.32. The third-order valence-corrected chi connectivity index (χ3v) is 8.05. The van der Waals surface area contributed by atoms with E-state index in [-0.39, 0.29) is 0 Å². The predicted molar refractivity (Wildman–Crippen MR) is 177 cm³/mol. The van der Waals surface area contributed by atoms with Crippen molar-refractivity contribution in [2.45, 2.75) is 32.1 Å². The van der Waals surface area contributed by atoms with Crippen molar-refractivity contribution in [2.75, 3.05) is 0 Å². The summed E-state index contributed by atoms with van der Waals surface area (Å²) in [6, 6.07) is 44.3. The highest BCUT2D eigenvalue weighted by molar-refractivity contribution is 5.79. The Balaban J connectivity index is 1.44. The molecule has 1 aliphatic carbocycles. The van der Waals surface area contributed by atoms with Crippen molar-refractivity contribution < 1.29 is 0 Å². The van der Waals surface area contributed by atoms with Crippen molar-refractivity contribution in [2.24, 2.45) is 0 Å². The zero-order valence-electron chi connectivity index (χ0n) is 23.8. The standard InChI is InChI=1S/C41H36/c1-3-14-41(40-24-11-10-15-30(40)2)36-23-13-21-34(26-36)33-20-12-22-35(25-33)39-28-37(31-16-6-4-7-17-31)27-38(29-39)32-18-8-5-9-19-32/h4-13,15-18,20-29,32H,2-3,14,19H2,1H3. The maximum absolute atomic E-state index is 4.32. The summed E-state index contributed by atoms with van der Waals surface area (Å²) in [6.07, 6.45) is 12.1.